The van der Waals surface area contributed by atoms with E-state index < -0.39 is 5.97 Å². The molecule has 1 aromatic rings. The van der Waals surface area contributed by atoms with E-state index in [1.54, 1.807) is 7.11 Å². The van der Waals surface area contributed by atoms with E-state index in [0.717, 1.165) is 11.3 Å². The summed E-state index contributed by atoms with van der Waals surface area (Å²) < 4.78 is 5.51. The van der Waals surface area contributed by atoms with E-state index in [2.05, 4.69) is 23.5 Å². The van der Waals surface area contributed by atoms with Crippen molar-refractivity contribution in [2.24, 2.45) is 5.92 Å². The molecule has 2 atom stereocenters. The molecule has 2 aliphatic rings. The highest BCUT2D eigenvalue weighted by atomic mass is 16.5. The molecule has 2 fully saturated rings. The van der Waals surface area contributed by atoms with E-state index in [0.29, 0.717) is 18.9 Å². The lowest BCUT2D eigenvalue weighted by Crippen LogP contribution is -2.17. The smallest absolute Gasteiger partial charge is 0.307 e. The van der Waals surface area contributed by atoms with Crippen LogP contribution in [0.25, 0.3) is 0 Å². The van der Waals surface area contributed by atoms with Crippen molar-refractivity contribution in [1.82, 2.24) is 5.32 Å². The molecular weight excluding hydrogens is 278 g/mol. The molecule has 1 saturated heterocycles. The highest BCUT2D eigenvalue weighted by molar-refractivity contribution is 5.71. The summed E-state index contributed by atoms with van der Waals surface area (Å²) in [6, 6.07) is 6.56. The molecular formula is C18H25NO3. The van der Waals surface area contributed by atoms with Gasteiger partial charge in [0.05, 0.1) is 13.0 Å². The summed E-state index contributed by atoms with van der Waals surface area (Å²) in [6.07, 6.45) is 7.15. The van der Waals surface area contributed by atoms with Crippen LogP contribution in [-0.2, 0) is 4.79 Å². The first-order chi connectivity index (χ1) is 10.7. The SMILES string of the molecule is COc1ccc(C2CCCCC2)cc1C1CC(C(=O)O)CN1. The van der Waals surface area contributed by atoms with Crippen LogP contribution in [0.15, 0.2) is 18.2 Å². The van der Waals surface area contributed by atoms with Gasteiger partial charge in [-0.25, -0.2) is 0 Å². The molecule has 120 valence electrons. The highest BCUT2D eigenvalue weighted by Crippen LogP contribution is 2.38. The van der Waals surface area contributed by atoms with Crippen LogP contribution in [0.2, 0.25) is 0 Å². The Labute approximate surface area is 131 Å². The highest BCUT2D eigenvalue weighted by Gasteiger charge is 2.32. The average molecular weight is 303 g/mol. The minimum atomic E-state index is -0.711. The fourth-order valence-corrected chi connectivity index (χ4v) is 3.88. The summed E-state index contributed by atoms with van der Waals surface area (Å²) in [6.45, 7) is 0.539. The number of ether oxygens (including phenoxy) is 1. The quantitative estimate of drug-likeness (QED) is 0.894. The second-order valence-corrected chi connectivity index (χ2v) is 6.57. The third-order valence-electron chi connectivity index (χ3n) is 5.19. The summed E-state index contributed by atoms with van der Waals surface area (Å²) >= 11 is 0. The van der Waals surface area contributed by atoms with Crippen LogP contribution in [-0.4, -0.2) is 24.7 Å². The van der Waals surface area contributed by atoms with Crippen LogP contribution in [0.1, 0.15) is 61.6 Å². The van der Waals surface area contributed by atoms with Crippen LogP contribution in [0, 0.1) is 5.92 Å². The average Bonchev–Trinajstić information content (AvgIpc) is 3.05. The fourth-order valence-electron chi connectivity index (χ4n) is 3.88. The predicted molar refractivity (Wildman–Crippen MR) is 85.3 cm³/mol. The van der Waals surface area contributed by atoms with Gasteiger partial charge < -0.3 is 15.2 Å². The molecule has 0 spiro atoms. The lowest BCUT2D eigenvalue weighted by Gasteiger charge is -2.24. The largest absolute Gasteiger partial charge is 0.496 e. The number of rotatable bonds is 4. The third-order valence-corrected chi connectivity index (χ3v) is 5.19. The number of carboxylic acids is 1. The lowest BCUT2D eigenvalue weighted by molar-refractivity contribution is -0.141. The molecule has 1 heterocycles. The molecule has 3 rings (SSSR count). The molecule has 0 aromatic heterocycles. The van der Waals surface area contributed by atoms with Gasteiger partial charge in [-0.3, -0.25) is 4.79 Å². The number of hydrogen-bond acceptors (Lipinski definition) is 3. The Balaban J connectivity index is 1.83. The van der Waals surface area contributed by atoms with Gasteiger partial charge in [0.2, 0.25) is 0 Å². The van der Waals surface area contributed by atoms with Gasteiger partial charge in [0.25, 0.3) is 0 Å². The molecule has 0 bridgehead atoms. The molecule has 4 nitrogen and oxygen atoms in total. The number of aliphatic carboxylic acids is 1. The lowest BCUT2D eigenvalue weighted by atomic mass is 9.83. The minimum Gasteiger partial charge on any atom is -0.496 e. The summed E-state index contributed by atoms with van der Waals surface area (Å²) in [7, 11) is 1.68. The van der Waals surface area contributed by atoms with Crippen molar-refractivity contribution in [2.75, 3.05) is 13.7 Å². The third kappa shape index (κ3) is 3.12. The van der Waals surface area contributed by atoms with Crippen LogP contribution < -0.4 is 10.1 Å². The molecule has 1 saturated carbocycles. The molecule has 1 aromatic carbocycles. The van der Waals surface area contributed by atoms with Gasteiger partial charge in [0.1, 0.15) is 5.75 Å². The van der Waals surface area contributed by atoms with Crippen LogP contribution in [0.3, 0.4) is 0 Å². The van der Waals surface area contributed by atoms with E-state index in [9.17, 15) is 9.90 Å². The topological polar surface area (TPSA) is 58.6 Å². The zero-order chi connectivity index (χ0) is 15.5. The van der Waals surface area contributed by atoms with Gasteiger partial charge in [0, 0.05) is 18.2 Å². The van der Waals surface area contributed by atoms with Gasteiger partial charge >= 0.3 is 5.97 Å². The minimum absolute atomic E-state index is 0.0830. The number of hydrogen-bond donors (Lipinski definition) is 2. The predicted octanol–water partition coefficient (Wildman–Crippen LogP) is 3.48. The first-order valence-corrected chi connectivity index (χ1v) is 8.33. The first kappa shape index (κ1) is 15.3. The normalized spacial score (nSPS) is 26.0. The second kappa shape index (κ2) is 6.69. The maximum atomic E-state index is 11.2. The Bertz CT molecular complexity index is 537. The van der Waals surface area contributed by atoms with Crippen molar-refractivity contribution in [3.63, 3.8) is 0 Å². The maximum Gasteiger partial charge on any atom is 0.307 e. The van der Waals surface area contributed by atoms with Gasteiger partial charge in [-0.05, 0) is 36.8 Å². The number of nitrogens with one attached hydrogen (secondary N) is 1. The van der Waals surface area contributed by atoms with Gasteiger partial charge in [-0.15, -0.1) is 0 Å². The van der Waals surface area contributed by atoms with Crippen molar-refractivity contribution in [3.05, 3.63) is 29.3 Å². The molecule has 2 N–H and O–H groups in total. The number of carboxylic acid groups (broad SMARTS) is 1. The van der Waals surface area contributed by atoms with Crippen LogP contribution >= 0.6 is 0 Å². The Hall–Kier alpha value is -1.55. The standard InChI is InChI=1S/C18H25NO3/c1-22-17-8-7-13(12-5-3-2-4-6-12)9-15(17)16-10-14(11-19-16)18(20)21/h7-9,12,14,16,19H,2-6,10-11H2,1H3,(H,20,21). The number of methoxy groups -OCH3 is 1. The Morgan fingerprint density at radius 2 is 2.05 bits per heavy atom. The van der Waals surface area contributed by atoms with Crippen LogP contribution in [0.4, 0.5) is 0 Å². The van der Waals surface area contributed by atoms with Crippen molar-refractivity contribution >= 4 is 5.97 Å². The van der Waals surface area contributed by atoms with E-state index in [1.165, 1.54) is 37.7 Å². The summed E-state index contributed by atoms with van der Waals surface area (Å²) in [5.74, 6) is 0.503. The Morgan fingerprint density at radius 3 is 2.68 bits per heavy atom. The van der Waals surface area contributed by atoms with Crippen molar-refractivity contribution < 1.29 is 14.6 Å². The number of carbonyl (C=O) groups is 1. The second-order valence-electron chi connectivity index (χ2n) is 6.57. The maximum absolute atomic E-state index is 11.2. The van der Waals surface area contributed by atoms with E-state index >= 15 is 0 Å². The van der Waals surface area contributed by atoms with Crippen molar-refractivity contribution in [2.45, 2.75) is 50.5 Å². The van der Waals surface area contributed by atoms with E-state index in [4.69, 9.17) is 4.74 Å². The zero-order valence-electron chi connectivity index (χ0n) is 13.2. The molecule has 1 aliphatic heterocycles. The monoisotopic (exact) mass is 303 g/mol. The zero-order valence-corrected chi connectivity index (χ0v) is 13.2. The van der Waals surface area contributed by atoms with Gasteiger partial charge in [-0.2, -0.15) is 0 Å². The van der Waals surface area contributed by atoms with Gasteiger partial charge in [0.15, 0.2) is 0 Å². The summed E-state index contributed by atoms with van der Waals surface area (Å²) in [4.78, 5) is 11.2. The Morgan fingerprint density at radius 1 is 1.27 bits per heavy atom. The van der Waals surface area contributed by atoms with E-state index in [-0.39, 0.29) is 12.0 Å². The molecule has 2 unspecified atom stereocenters. The van der Waals surface area contributed by atoms with Crippen LogP contribution in [0.5, 0.6) is 5.75 Å². The summed E-state index contributed by atoms with van der Waals surface area (Å²) in [5, 5.41) is 12.5. The number of benzene rings is 1. The van der Waals surface area contributed by atoms with Crippen molar-refractivity contribution in [3.8, 4) is 5.75 Å². The molecule has 4 heteroatoms. The molecule has 0 amide bonds. The molecule has 0 radical (unpaired) electrons. The molecule has 22 heavy (non-hydrogen) atoms. The summed E-state index contributed by atoms with van der Waals surface area (Å²) in [5.41, 5.74) is 2.50. The van der Waals surface area contributed by atoms with Gasteiger partial charge in [-0.1, -0.05) is 31.4 Å². The molecule has 1 aliphatic carbocycles. The fraction of sp³-hybridized carbons (Fsp3) is 0.611. The van der Waals surface area contributed by atoms with Crippen molar-refractivity contribution in [1.29, 1.82) is 0 Å². The first-order valence-electron chi connectivity index (χ1n) is 8.33. The van der Waals surface area contributed by atoms with E-state index in [1.807, 2.05) is 0 Å². The Kier molecular flexibility index (Phi) is 4.67.